The van der Waals surface area contributed by atoms with Gasteiger partial charge in [0, 0.05) is 19.1 Å². The van der Waals surface area contributed by atoms with Crippen LogP contribution in [0.3, 0.4) is 0 Å². The molecule has 51 heavy (non-hydrogen) atoms. The van der Waals surface area contributed by atoms with Crippen LogP contribution < -0.4 is 11.1 Å². The fourth-order valence-electron chi connectivity index (χ4n) is 5.44. The zero-order valence-electron chi connectivity index (χ0n) is 27.7. The third-order valence-electron chi connectivity index (χ3n) is 8.29. The highest BCUT2D eigenvalue weighted by Gasteiger charge is 2.46. The molecule has 2 aromatic carbocycles. The van der Waals surface area contributed by atoms with Crippen molar-refractivity contribution >= 4 is 44.1 Å². The Morgan fingerprint density at radius 3 is 2.20 bits per heavy atom. The van der Waals surface area contributed by atoms with E-state index in [4.69, 9.17) is 31.3 Å². The number of anilines is 2. The minimum absolute atomic E-state index is 0.0540. The molecule has 1 aromatic heterocycles. The Hall–Kier alpha value is -3.66. The molecule has 0 amide bonds. The summed E-state index contributed by atoms with van der Waals surface area (Å²) in [7, 11) is 0.434. The highest BCUT2D eigenvalue weighted by Crippen LogP contribution is 2.31. The van der Waals surface area contributed by atoms with Gasteiger partial charge in [0.25, 0.3) is 0 Å². The number of benzene rings is 2. The number of aliphatic carboxylic acids is 1. The number of nitrogens with two attached hydrogens (primary N) is 1. The molecule has 5 atom stereocenters. The molecule has 0 aliphatic carbocycles. The predicted molar refractivity (Wildman–Crippen MR) is 182 cm³/mol. The highest BCUT2D eigenvalue weighted by molar-refractivity contribution is 7.89. The average Bonchev–Trinajstić information content (AvgIpc) is 3.45. The molecule has 0 radical (unpaired) electrons. The van der Waals surface area contributed by atoms with E-state index in [-0.39, 0.29) is 21.6 Å². The van der Waals surface area contributed by atoms with Crippen molar-refractivity contribution in [2.75, 3.05) is 44.8 Å². The van der Waals surface area contributed by atoms with Gasteiger partial charge in [-0.3, -0.25) is 4.79 Å². The number of rotatable bonds is 11. The van der Waals surface area contributed by atoms with Crippen molar-refractivity contribution in [2.24, 2.45) is 0 Å². The van der Waals surface area contributed by atoms with Crippen molar-refractivity contribution in [3.05, 3.63) is 70.1 Å². The maximum atomic E-state index is 14.1. The fourth-order valence-corrected chi connectivity index (χ4v) is 7.82. The summed E-state index contributed by atoms with van der Waals surface area (Å²) in [5.41, 5.74) is 6.31. The molecule has 280 valence electrons. The number of nitrogens with zero attached hydrogens (tertiary/aromatic N) is 3. The van der Waals surface area contributed by atoms with Gasteiger partial charge in [-0.25, -0.2) is 27.0 Å². The Morgan fingerprint density at radius 1 is 1.02 bits per heavy atom. The Bertz CT molecular complexity index is 1750. The van der Waals surface area contributed by atoms with Crippen molar-refractivity contribution in [3.8, 4) is 0 Å². The molecule has 0 saturated carbocycles. The number of carboxylic acid groups (broad SMARTS) is 1. The first kappa shape index (κ1) is 40.1. The number of aliphatic hydroxyl groups excluding tert-OH is 4. The Kier molecular flexibility index (Phi) is 13.6. The summed E-state index contributed by atoms with van der Waals surface area (Å²) in [6.07, 6.45) is -5.79. The molecule has 2 fully saturated rings. The molecule has 5 rings (SSSR count). The first-order valence-corrected chi connectivity index (χ1v) is 18.1. The number of aromatic nitrogens is 1. The van der Waals surface area contributed by atoms with E-state index in [1.54, 1.807) is 12.1 Å². The van der Waals surface area contributed by atoms with Crippen molar-refractivity contribution in [3.63, 3.8) is 0 Å². The number of hydrogen-bond acceptors (Lipinski definition) is 14. The number of ether oxygens (including phenoxy) is 1. The number of carboxylic acids is 1. The number of thiazole rings is 1. The maximum Gasteiger partial charge on any atom is 0.335 e. The molecule has 2 aliphatic heterocycles. The molecule has 0 bridgehead atoms. The van der Waals surface area contributed by atoms with Crippen molar-refractivity contribution in [1.29, 1.82) is 0 Å². The normalized spacial score (nSPS) is 23.0. The van der Waals surface area contributed by atoms with Gasteiger partial charge in [-0.1, -0.05) is 29.5 Å². The molecule has 0 spiro atoms. The van der Waals surface area contributed by atoms with E-state index in [2.05, 4.69) is 19.9 Å². The molecular weight excluding hydrogens is 717 g/mol. The fraction of sp³-hybridized carbons (Fsp3) is 0.469. The topological polar surface area (TPSA) is 236 Å². The van der Waals surface area contributed by atoms with E-state index >= 15 is 0 Å². The molecule has 3 heterocycles. The lowest BCUT2D eigenvalue weighted by molar-refractivity contribution is -0.279. The molecule has 15 nitrogen and oxygen atoms in total. The predicted octanol–water partition coefficient (Wildman–Crippen LogP) is 0.865. The number of carbonyl (C=O) groups is 2. The maximum absolute atomic E-state index is 14.1. The van der Waals surface area contributed by atoms with Crippen LogP contribution in [0.2, 0.25) is 0 Å². The molecule has 3 aromatic rings. The van der Waals surface area contributed by atoms with E-state index in [0.717, 1.165) is 48.4 Å². The number of ketones is 1. The molecule has 8 N–H and O–H groups in total. The summed E-state index contributed by atoms with van der Waals surface area (Å²) < 4.78 is 60.2. The van der Waals surface area contributed by atoms with Crippen LogP contribution in [0, 0.1) is 11.6 Å². The lowest BCUT2D eigenvalue weighted by Crippen LogP contribution is -2.59. The van der Waals surface area contributed by atoms with Crippen molar-refractivity contribution < 1.29 is 57.1 Å². The van der Waals surface area contributed by atoms with Gasteiger partial charge in [-0.2, -0.15) is 4.31 Å². The first-order valence-electron chi connectivity index (χ1n) is 15.9. The number of hydrogen-bond donors (Lipinski definition) is 7. The summed E-state index contributed by atoms with van der Waals surface area (Å²) in [5.74, 6) is -4.43. The third kappa shape index (κ3) is 9.82. The zero-order chi connectivity index (χ0) is 37.6. The number of sulfonamides is 1. The van der Waals surface area contributed by atoms with Gasteiger partial charge < -0.3 is 46.2 Å². The van der Waals surface area contributed by atoms with Crippen LogP contribution in [0.4, 0.5) is 19.7 Å². The molecular formula is C32H41F2N5O10S2. The Balaban J connectivity index is 0.000000378. The zero-order valence-corrected chi connectivity index (χ0v) is 29.4. The van der Waals surface area contributed by atoms with Gasteiger partial charge in [0.05, 0.1) is 10.5 Å². The largest absolute Gasteiger partial charge is 0.479 e. The van der Waals surface area contributed by atoms with Crippen LogP contribution >= 0.6 is 11.3 Å². The lowest BCUT2D eigenvalue weighted by atomic mass is 9.99. The van der Waals surface area contributed by atoms with Gasteiger partial charge in [0.15, 0.2) is 17.5 Å². The van der Waals surface area contributed by atoms with Crippen molar-refractivity contribution in [1.82, 2.24) is 14.2 Å². The monoisotopic (exact) mass is 757 g/mol. The SMILES string of the molecule is CN(C)CCCc1ccc(S(=O)(=O)N2CCC(Nc3nc(N)c(C(=O)c4c(F)cccc4F)s3)CC2)cc1.O=C(O)[C@H]1O[C@@H](O)[C@H](O)[C@@H](O)[C@@H]1O. The van der Waals surface area contributed by atoms with Crippen LogP contribution in [0.1, 0.15) is 40.1 Å². The number of aryl methyl sites for hydroxylation is 1. The summed E-state index contributed by atoms with van der Waals surface area (Å²) >= 11 is 0.920. The quantitative estimate of drug-likeness (QED) is 0.135. The number of halogens is 2. The highest BCUT2D eigenvalue weighted by atomic mass is 32.2. The number of nitrogen functional groups attached to an aromatic ring is 1. The second kappa shape index (κ2) is 17.2. The minimum atomic E-state index is -3.61. The average molecular weight is 758 g/mol. The second-order valence-electron chi connectivity index (χ2n) is 12.3. The van der Waals surface area contributed by atoms with Gasteiger partial charge in [0.2, 0.25) is 15.8 Å². The van der Waals surface area contributed by atoms with Crippen LogP contribution in [-0.4, -0.2) is 130 Å². The number of aliphatic hydroxyl groups is 4. The van der Waals surface area contributed by atoms with Crippen LogP contribution in [0.15, 0.2) is 47.4 Å². The lowest BCUT2D eigenvalue weighted by Gasteiger charge is -2.36. The molecule has 19 heteroatoms. The van der Waals surface area contributed by atoms with E-state index in [0.29, 0.717) is 31.1 Å². The second-order valence-corrected chi connectivity index (χ2v) is 15.2. The summed E-state index contributed by atoms with van der Waals surface area (Å²) in [5, 5.41) is 47.9. The van der Waals surface area contributed by atoms with Crippen LogP contribution in [0.5, 0.6) is 0 Å². The standard InChI is InChI=1S/C26H31F2N5O3S2.C6H10O7/c1-32(2)14-4-5-17-8-10-19(11-9-17)38(35,36)33-15-12-18(13-16-33)30-26-31-25(29)24(37-26)23(34)22-20(27)6-3-7-21(22)28;7-1-2(8)4(5(10)11)13-6(12)3(1)9/h3,6-11,18H,4-5,12-16,29H2,1-2H3,(H,30,31);1-4,6-9,12H,(H,10,11)/t;1-,2-,3+,4-,6+/m.0/s1. The van der Waals surface area contributed by atoms with Gasteiger partial charge in [-0.05, 0) is 76.2 Å². The van der Waals surface area contributed by atoms with Crippen LogP contribution in [-0.2, 0) is 26.0 Å². The molecule has 2 saturated heterocycles. The molecule has 2 aliphatic rings. The van der Waals surface area contributed by atoms with Crippen molar-refractivity contribution in [2.45, 2.75) is 67.3 Å². The summed E-state index contributed by atoms with van der Waals surface area (Å²) in [6, 6.07) is 10.2. The Morgan fingerprint density at radius 2 is 1.63 bits per heavy atom. The number of piperidine rings is 1. The summed E-state index contributed by atoms with van der Waals surface area (Å²) in [6.45, 7) is 1.60. The number of carbonyl (C=O) groups excluding carboxylic acids is 1. The Labute approximate surface area is 297 Å². The van der Waals surface area contributed by atoms with E-state index < -0.39 is 69.7 Å². The smallest absolute Gasteiger partial charge is 0.335 e. The van der Waals surface area contributed by atoms with E-state index in [1.807, 2.05) is 26.2 Å². The first-order chi connectivity index (χ1) is 24.0. The molecule has 0 unspecified atom stereocenters. The summed E-state index contributed by atoms with van der Waals surface area (Å²) in [4.78, 5) is 29.6. The third-order valence-corrected chi connectivity index (χ3v) is 11.2. The van der Waals surface area contributed by atoms with Gasteiger partial charge in [-0.15, -0.1) is 0 Å². The van der Waals surface area contributed by atoms with E-state index in [1.165, 1.54) is 10.4 Å². The van der Waals surface area contributed by atoms with E-state index in [9.17, 15) is 26.8 Å². The van der Waals surface area contributed by atoms with Gasteiger partial charge in [0.1, 0.15) is 40.6 Å². The van der Waals surface area contributed by atoms with Crippen LogP contribution in [0.25, 0.3) is 0 Å². The minimum Gasteiger partial charge on any atom is -0.479 e. The van der Waals surface area contributed by atoms with Gasteiger partial charge >= 0.3 is 5.97 Å². The number of nitrogens with one attached hydrogen (secondary N) is 1.